The summed E-state index contributed by atoms with van der Waals surface area (Å²) < 4.78 is 2.42. The number of aryl methyl sites for hydroxylation is 1. The third-order valence-corrected chi connectivity index (χ3v) is 3.47. The molecule has 0 saturated heterocycles. The van der Waals surface area contributed by atoms with Gasteiger partial charge in [0.25, 0.3) is 5.91 Å². The predicted molar refractivity (Wildman–Crippen MR) is 75.2 cm³/mol. The van der Waals surface area contributed by atoms with Gasteiger partial charge in [-0.1, -0.05) is 0 Å². The Kier molecular flexibility index (Phi) is 3.85. The van der Waals surface area contributed by atoms with Crippen molar-refractivity contribution in [1.29, 1.82) is 0 Å². The molecule has 0 aliphatic heterocycles. The fourth-order valence-corrected chi connectivity index (χ4v) is 1.84. The molecule has 0 atom stereocenters. The second kappa shape index (κ2) is 5.38. The molecule has 2 N–H and O–H groups in total. The fourth-order valence-electron chi connectivity index (χ4n) is 1.50. The maximum atomic E-state index is 11.9. The molecular formula is C12H12IN3O2. The van der Waals surface area contributed by atoms with Crippen molar-refractivity contribution in [3.63, 3.8) is 0 Å². The van der Waals surface area contributed by atoms with E-state index < -0.39 is 0 Å². The number of carbonyl (C=O) groups excluding carboxylic acids is 1. The van der Waals surface area contributed by atoms with Gasteiger partial charge >= 0.3 is 0 Å². The molecule has 94 valence electrons. The fraction of sp³-hybridized carbons (Fsp3) is 0.167. The van der Waals surface area contributed by atoms with Gasteiger partial charge in [-0.25, -0.2) is 0 Å². The minimum Gasteiger partial charge on any atom is -0.507 e. The van der Waals surface area contributed by atoms with Crippen LogP contribution in [0.2, 0.25) is 0 Å². The molecule has 1 heterocycles. The Bertz CT molecular complexity index is 580. The van der Waals surface area contributed by atoms with Crippen LogP contribution in [0.1, 0.15) is 16.1 Å². The summed E-state index contributed by atoms with van der Waals surface area (Å²) in [6.45, 7) is 0.405. The van der Waals surface area contributed by atoms with E-state index >= 15 is 0 Å². The number of aromatic hydroxyl groups is 1. The van der Waals surface area contributed by atoms with Crippen molar-refractivity contribution in [1.82, 2.24) is 15.1 Å². The van der Waals surface area contributed by atoms with Crippen LogP contribution >= 0.6 is 22.6 Å². The first-order valence-electron chi connectivity index (χ1n) is 5.31. The second-order valence-corrected chi connectivity index (χ2v) is 4.96. The zero-order chi connectivity index (χ0) is 13.1. The molecule has 1 aromatic heterocycles. The van der Waals surface area contributed by atoms with Crippen molar-refractivity contribution in [2.45, 2.75) is 6.54 Å². The number of hydrogen-bond donors (Lipinski definition) is 2. The number of rotatable bonds is 3. The van der Waals surface area contributed by atoms with Crippen LogP contribution in [0.5, 0.6) is 5.75 Å². The van der Waals surface area contributed by atoms with Crippen LogP contribution in [0, 0.1) is 3.57 Å². The van der Waals surface area contributed by atoms with Crippen molar-refractivity contribution in [2.24, 2.45) is 7.05 Å². The van der Waals surface area contributed by atoms with Crippen LogP contribution in [-0.4, -0.2) is 20.8 Å². The summed E-state index contributed by atoms with van der Waals surface area (Å²) >= 11 is 2.01. The van der Waals surface area contributed by atoms with E-state index in [1.165, 1.54) is 6.07 Å². The first-order chi connectivity index (χ1) is 8.58. The number of nitrogens with one attached hydrogen (secondary N) is 1. The molecule has 6 heteroatoms. The maximum Gasteiger partial charge on any atom is 0.251 e. The molecule has 5 nitrogen and oxygen atoms in total. The molecule has 18 heavy (non-hydrogen) atoms. The quantitative estimate of drug-likeness (QED) is 0.822. The summed E-state index contributed by atoms with van der Waals surface area (Å²) in [6, 6.07) is 6.68. The Labute approximate surface area is 118 Å². The van der Waals surface area contributed by atoms with Gasteiger partial charge in [0.1, 0.15) is 5.75 Å². The zero-order valence-electron chi connectivity index (χ0n) is 9.72. The largest absolute Gasteiger partial charge is 0.507 e. The van der Waals surface area contributed by atoms with Crippen LogP contribution in [-0.2, 0) is 13.6 Å². The number of amides is 1. The third kappa shape index (κ3) is 2.81. The van der Waals surface area contributed by atoms with Gasteiger partial charge in [0.05, 0.1) is 15.8 Å². The number of hydrogen-bond acceptors (Lipinski definition) is 3. The molecule has 0 radical (unpaired) electrons. The van der Waals surface area contributed by atoms with E-state index in [2.05, 4.69) is 10.4 Å². The number of phenolic OH excluding ortho intramolecular Hbond substituents is 1. The third-order valence-electron chi connectivity index (χ3n) is 2.56. The number of aromatic nitrogens is 2. The highest BCUT2D eigenvalue weighted by molar-refractivity contribution is 14.1. The average molecular weight is 357 g/mol. The molecule has 0 bridgehead atoms. The molecule has 1 amide bonds. The molecule has 0 unspecified atom stereocenters. The van der Waals surface area contributed by atoms with Gasteiger partial charge in [-0.3, -0.25) is 9.48 Å². The van der Waals surface area contributed by atoms with Gasteiger partial charge in [-0.2, -0.15) is 5.10 Å². The van der Waals surface area contributed by atoms with E-state index in [-0.39, 0.29) is 11.7 Å². The Hall–Kier alpha value is -1.57. The van der Waals surface area contributed by atoms with E-state index in [9.17, 15) is 9.90 Å². The first-order valence-corrected chi connectivity index (χ1v) is 6.39. The van der Waals surface area contributed by atoms with Crippen LogP contribution in [0.3, 0.4) is 0 Å². The summed E-state index contributed by atoms with van der Waals surface area (Å²) in [5.41, 5.74) is 1.35. The van der Waals surface area contributed by atoms with E-state index in [0.29, 0.717) is 12.1 Å². The summed E-state index contributed by atoms with van der Waals surface area (Å²) in [5.74, 6) is -0.105. The minimum absolute atomic E-state index is 0.115. The molecule has 0 saturated carbocycles. The van der Waals surface area contributed by atoms with Gasteiger partial charge in [0, 0.05) is 18.8 Å². The van der Waals surface area contributed by atoms with E-state index in [1.54, 1.807) is 23.0 Å². The lowest BCUT2D eigenvalue weighted by Gasteiger charge is -2.06. The van der Waals surface area contributed by atoms with Crippen molar-refractivity contribution in [2.75, 3.05) is 0 Å². The van der Waals surface area contributed by atoms with E-state index in [0.717, 1.165) is 9.26 Å². The molecule has 2 aromatic rings. The molecule has 2 rings (SSSR count). The Morgan fingerprint density at radius 1 is 1.50 bits per heavy atom. The summed E-state index contributed by atoms with van der Waals surface area (Å²) in [7, 11) is 1.82. The minimum atomic E-state index is -0.220. The molecule has 0 aliphatic carbocycles. The van der Waals surface area contributed by atoms with Gasteiger partial charge in [0.15, 0.2) is 0 Å². The lowest BCUT2D eigenvalue weighted by atomic mass is 10.2. The Morgan fingerprint density at radius 3 is 2.89 bits per heavy atom. The molecule has 0 fully saturated rings. The monoisotopic (exact) mass is 357 g/mol. The van der Waals surface area contributed by atoms with Crippen LogP contribution in [0.25, 0.3) is 0 Å². The SMILES string of the molecule is Cn1nccc1CNC(=O)c1ccc(I)c(O)c1. The van der Waals surface area contributed by atoms with Crippen molar-refractivity contribution in [3.8, 4) is 5.75 Å². The highest BCUT2D eigenvalue weighted by atomic mass is 127. The normalized spacial score (nSPS) is 10.3. The first kappa shape index (κ1) is 12.9. The Balaban J connectivity index is 2.04. The summed E-state index contributed by atoms with van der Waals surface area (Å²) in [6.07, 6.45) is 1.68. The topological polar surface area (TPSA) is 67.2 Å². The lowest BCUT2D eigenvalue weighted by Crippen LogP contribution is -2.24. The van der Waals surface area contributed by atoms with Crippen LogP contribution < -0.4 is 5.32 Å². The maximum absolute atomic E-state index is 11.9. The van der Waals surface area contributed by atoms with Crippen molar-refractivity contribution in [3.05, 3.63) is 45.3 Å². The number of nitrogens with zero attached hydrogens (tertiary/aromatic N) is 2. The van der Waals surface area contributed by atoms with Crippen molar-refractivity contribution < 1.29 is 9.90 Å². The van der Waals surface area contributed by atoms with Gasteiger partial charge in [-0.05, 0) is 46.9 Å². The smallest absolute Gasteiger partial charge is 0.251 e. The van der Waals surface area contributed by atoms with Gasteiger partial charge in [0.2, 0.25) is 0 Å². The zero-order valence-corrected chi connectivity index (χ0v) is 11.9. The molecular weight excluding hydrogens is 345 g/mol. The lowest BCUT2D eigenvalue weighted by molar-refractivity contribution is 0.0949. The van der Waals surface area contributed by atoms with E-state index in [1.807, 2.05) is 35.7 Å². The highest BCUT2D eigenvalue weighted by Crippen LogP contribution is 2.20. The van der Waals surface area contributed by atoms with Gasteiger partial charge in [-0.15, -0.1) is 0 Å². The van der Waals surface area contributed by atoms with Gasteiger partial charge < -0.3 is 10.4 Å². The highest BCUT2D eigenvalue weighted by Gasteiger charge is 2.08. The standard InChI is InChI=1S/C12H12IN3O2/c1-16-9(4-5-15-16)7-14-12(18)8-2-3-10(13)11(17)6-8/h2-6,17H,7H2,1H3,(H,14,18). The molecule has 0 spiro atoms. The van der Waals surface area contributed by atoms with Crippen LogP contribution in [0.4, 0.5) is 0 Å². The average Bonchev–Trinajstić information content (AvgIpc) is 2.75. The molecule has 1 aromatic carbocycles. The second-order valence-electron chi connectivity index (χ2n) is 3.80. The van der Waals surface area contributed by atoms with E-state index in [4.69, 9.17) is 0 Å². The molecule has 0 aliphatic rings. The number of halogens is 1. The number of carbonyl (C=O) groups is 1. The number of phenols is 1. The summed E-state index contributed by atoms with van der Waals surface area (Å²) in [5, 5.41) is 16.3. The van der Waals surface area contributed by atoms with Crippen molar-refractivity contribution >= 4 is 28.5 Å². The predicted octanol–water partition coefficient (Wildman–Crippen LogP) is 1.66. The summed E-state index contributed by atoms with van der Waals surface area (Å²) in [4.78, 5) is 11.9. The number of benzene rings is 1. The Morgan fingerprint density at radius 2 is 2.28 bits per heavy atom. The van der Waals surface area contributed by atoms with Crippen LogP contribution in [0.15, 0.2) is 30.5 Å².